The van der Waals surface area contributed by atoms with E-state index in [1.807, 2.05) is 24.3 Å². The SMILES string of the molecule is Clc1cccc(-c2nc(Br)c3n2CCNC3)c1. The first-order valence-electron chi connectivity index (χ1n) is 5.47. The summed E-state index contributed by atoms with van der Waals surface area (Å²) in [6.45, 7) is 2.77. The van der Waals surface area contributed by atoms with Gasteiger partial charge in [-0.3, -0.25) is 0 Å². The van der Waals surface area contributed by atoms with Crippen LogP contribution >= 0.6 is 27.5 Å². The number of benzene rings is 1. The Balaban J connectivity index is 2.15. The molecule has 0 saturated heterocycles. The summed E-state index contributed by atoms with van der Waals surface area (Å²) in [7, 11) is 0. The molecule has 0 aliphatic carbocycles. The summed E-state index contributed by atoms with van der Waals surface area (Å²) in [6, 6.07) is 7.82. The van der Waals surface area contributed by atoms with Crippen molar-refractivity contribution in [2.75, 3.05) is 6.54 Å². The zero-order chi connectivity index (χ0) is 11.8. The molecule has 0 atom stereocenters. The van der Waals surface area contributed by atoms with E-state index in [2.05, 4.69) is 30.8 Å². The van der Waals surface area contributed by atoms with Crippen LogP contribution in [-0.4, -0.2) is 16.1 Å². The van der Waals surface area contributed by atoms with Crippen molar-refractivity contribution in [1.82, 2.24) is 14.9 Å². The summed E-state index contributed by atoms with van der Waals surface area (Å²) in [5.41, 5.74) is 2.26. The van der Waals surface area contributed by atoms with E-state index in [-0.39, 0.29) is 0 Å². The molecule has 0 spiro atoms. The number of halogens is 2. The van der Waals surface area contributed by atoms with Crippen LogP contribution in [0, 0.1) is 0 Å². The van der Waals surface area contributed by atoms with Crippen molar-refractivity contribution in [3.05, 3.63) is 39.6 Å². The molecule has 1 aromatic carbocycles. The Kier molecular flexibility index (Phi) is 2.94. The van der Waals surface area contributed by atoms with Gasteiger partial charge in [-0.05, 0) is 28.1 Å². The molecular formula is C12H11BrClN3. The molecule has 0 saturated carbocycles. The Morgan fingerprint density at radius 2 is 2.29 bits per heavy atom. The van der Waals surface area contributed by atoms with Gasteiger partial charge in [0.05, 0.1) is 5.69 Å². The van der Waals surface area contributed by atoms with Crippen LogP contribution in [-0.2, 0) is 13.1 Å². The van der Waals surface area contributed by atoms with E-state index in [9.17, 15) is 0 Å². The van der Waals surface area contributed by atoms with Crippen molar-refractivity contribution < 1.29 is 0 Å². The number of fused-ring (bicyclic) bond motifs is 1. The Labute approximate surface area is 113 Å². The van der Waals surface area contributed by atoms with Gasteiger partial charge in [0.15, 0.2) is 0 Å². The van der Waals surface area contributed by atoms with Crippen molar-refractivity contribution in [2.45, 2.75) is 13.1 Å². The predicted molar refractivity (Wildman–Crippen MR) is 72.1 cm³/mol. The molecule has 0 fully saturated rings. The smallest absolute Gasteiger partial charge is 0.141 e. The average molecular weight is 313 g/mol. The number of hydrogen-bond acceptors (Lipinski definition) is 2. The summed E-state index contributed by atoms with van der Waals surface area (Å²) < 4.78 is 3.16. The first-order valence-corrected chi connectivity index (χ1v) is 6.64. The maximum Gasteiger partial charge on any atom is 0.141 e. The van der Waals surface area contributed by atoms with Crippen molar-refractivity contribution in [3.8, 4) is 11.4 Å². The minimum absolute atomic E-state index is 0.741. The van der Waals surface area contributed by atoms with Gasteiger partial charge in [-0.1, -0.05) is 23.7 Å². The van der Waals surface area contributed by atoms with E-state index >= 15 is 0 Å². The number of imidazole rings is 1. The molecule has 0 unspecified atom stereocenters. The highest BCUT2D eigenvalue weighted by Crippen LogP contribution is 2.28. The van der Waals surface area contributed by atoms with Gasteiger partial charge in [0.2, 0.25) is 0 Å². The van der Waals surface area contributed by atoms with Gasteiger partial charge in [-0.15, -0.1) is 0 Å². The molecule has 1 aliphatic rings. The summed E-state index contributed by atoms with van der Waals surface area (Å²) >= 11 is 9.54. The van der Waals surface area contributed by atoms with E-state index in [4.69, 9.17) is 11.6 Å². The number of aromatic nitrogens is 2. The summed E-state index contributed by atoms with van der Waals surface area (Å²) in [5, 5.41) is 4.08. The standard InChI is InChI=1S/C12H11BrClN3/c13-11-10-7-15-4-5-17(10)12(16-11)8-2-1-3-9(14)6-8/h1-3,6,15H,4-5,7H2. The Morgan fingerprint density at radius 3 is 3.12 bits per heavy atom. The molecule has 1 aliphatic heterocycles. The van der Waals surface area contributed by atoms with Crippen molar-refractivity contribution >= 4 is 27.5 Å². The predicted octanol–water partition coefficient (Wildman–Crippen LogP) is 3.07. The molecule has 2 heterocycles. The summed E-state index contributed by atoms with van der Waals surface area (Å²) in [5.74, 6) is 0.982. The number of hydrogen-bond donors (Lipinski definition) is 1. The maximum absolute atomic E-state index is 6.02. The van der Waals surface area contributed by atoms with Crippen LogP contribution < -0.4 is 5.32 Å². The topological polar surface area (TPSA) is 29.9 Å². The molecular weight excluding hydrogens is 302 g/mol. The number of rotatable bonds is 1. The van der Waals surface area contributed by atoms with Crippen LogP contribution in [0.4, 0.5) is 0 Å². The molecule has 17 heavy (non-hydrogen) atoms. The van der Waals surface area contributed by atoms with Gasteiger partial charge in [-0.2, -0.15) is 0 Å². The van der Waals surface area contributed by atoms with E-state index < -0.39 is 0 Å². The number of nitrogens with zero attached hydrogens (tertiary/aromatic N) is 2. The summed E-state index contributed by atoms with van der Waals surface area (Å²) in [6.07, 6.45) is 0. The number of nitrogens with one attached hydrogen (secondary N) is 1. The quantitative estimate of drug-likeness (QED) is 0.877. The van der Waals surface area contributed by atoms with Gasteiger partial charge >= 0.3 is 0 Å². The van der Waals surface area contributed by atoms with Gasteiger partial charge in [0.1, 0.15) is 10.4 Å². The normalized spacial score (nSPS) is 14.7. The highest BCUT2D eigenvalue weighted by molar-refractivity contribution is 9.10. The lowest BCUT2D eigenvalue weighted by atomic mass is 10.2. The minimum atomic E-state index is 0.741. The first-order chi connectivity index (χ1) is 8.25. The Hall–Kier alpha value is -0.840. The third-order valence-electron chi connectivity index (χ3n) is 2.91. The molecule has 0 bridgehead atoms. The van der Waals surface area contributed by atoms with Crippen molar-refractivity contribution in [1.29, 1.82) is 0 Å². The van der Waals surface area contributed by atoms with E-state index in [1.54, 1.807) is 0 Å². The summed E-state index contributed by atoms with van der Waals surface area (Å²) in [4.78, 5) is 4.58. The van der Waals surface area contributed by atoms with Crippen molar-refractivity contribution in [3.63, 3.8) is 0 Å². The second-order valence-electron chi connectivity index (χ2n) is 4.01. The second kappa shape index (κ2) is 4.44. The molecule has 88 valence electrons. The van der Waals surface area contributed by atoms with Gasteiger partial charge in [-0.25, -0.2) is 4.98 Å². The largest absolute Gasteiger partial charge is 0.325 e. The zero-order valence-electron chi connectivity index (χ0n) is 9.08. The van der Waals surface area contributed by atoms with E-state index in [1.165, 1.54) is 5.69 Å². The van der Waals surface area contributed by atoms with E-state index in [0.29, 0.717) is 0 Å². The molecule has 0 amide bonds. The highest BCUT2D eigenvalue weighted by Gasteiger charge is 2.19. The van der Waals surface area contributed by atoms with E-state index in [0.717, 1.165) is 40.6 Å². The van der Waals surface area contributed by atoms with Crippen LogP contribution in [0.25, 0.3) is 11.4 Å². The lowest BCUT2D eigenvalue weighted by Gasteiger charge is -2.18. The molecule has 3 nitrogen and oxygen atoms in total. The van der Waals surface area contributed by atoms with Crippen LogP contribution in [0.3, 0.4) is 0 Å². The fourth-order valence-corrected chi connectivity index (χ4v) is 2.82. The fourth-order valence-electron chi connectivity index (χ4n) is 2.11. The maximum atomic E-state index is 6.02. The van der Waals surface area contributed by atoms with Gasteiger partial charge in [0, 0.05) is 30.2 Å². The van der Waals surface area contributed by atoms with Crippen molar-refractivity contribution in [2.24, 2.45) is 0 Å². The second-order valence-corrected chi connectivity index (χ2v) is 5.20. The molecule has 1 N–H and O–H groups in total. The molecule has 5 heteroatoms. The highest BCUT2D eigenvalue weighted by atomic mass is 79.9. The average Bonchev–Trinajstić information content (AvgIpc) is 2.68. The molecule has 2 aromatic rings. The minimum Gasteiger partial charge on any atom is -0.325 e. The van der Waals surface area contributed by atoms with Crippen LogP contribution in [0.15, 0.2) is 28.9 Å². The van der Waals surface area contributed by atoms with Gasteiger partial charge < -0.3 is 9.88 Å². The lowest BCUT2D eigenvalue weighted by molar-refractivity contribution is 0.518. The molecule has 3 rings (SSSR count). The fraction of sp³-hybridized carbons (Fsp3) is 0.250. The van der Waals surface area contributed by atoms with Crippen LogP contribution in [0.2, 0.25) is 5.02 Å². The van der Waals surface area contributed by atoms with Crippen LogP contribution in [0.1, 0.15) is 5.69 Å². The van der Waals surface area contributed by atoms with Crippen LogP contribution in [0.5, 0.6) is 0 Å². The molecule has 1 aromatic heterocycles. The zero-order valence-corrected chi connectivity index (χ0v) is 11.4. The van der Waals surface area contributed by atoms with Gasteiger partial charge in [0.25, 0.3) is 0 Å². The third-order valence-corrected chi connectivity index (χ3v) is 3.78. The lowest BCUT2D eigenvalue weighted by Crippen LogP contribution is -2.28. The monoisotopic (exact) mass is 311 g/mol. The Bertz CT molecular complexity index is 565. The Morgan fingerprint density at radius 1 is 1.41 bits per heavy atom. The third kappa shape index (κ3) is 2.01. The molecule has 0 radical (unpaired) electrons. The first kappa shape index (κ1) is 11.3.